The van der Waals surface area contributed by atoms with E-state index in [1.807, 2.05) is 30.3 Å². The van der Waals surface area contributed by atoms with Crippen LogP contribution < -0.4 is 5.32 Å². The molecule has 1 aliphatic rings. The monoisotopic (exact) mass is 555 g/mol. The van der Waals surface area contributed by atoms with Gasteiger partial charge in [-0.15, -0.1) is 0 Å². The standard InChI is InChI=1S/C25H23ClN5O6P/c26-25-29-22(28-17-6-5-15-9-13-3-1-2-4-14(13)10-16(15)11-17)19-23(30-25)31(12-27-19)24-21(33)20(32)18(37-24)7-8-38(34,35)36/h1-6,9-12,18,20-21,24,32-33H,7-8H2,(H,28,29,30)(H2,34,35,36). The number of aliphatic hydroxyl groups is 2. The number of aliphatic hydroxyl groups excluding tert-OH is 2. The minimum Gasteiger partial charge on any atom is -0.388 e. The molecular weight excluding hydrogens is 533 g/mol. The average Bonchev–Trinajstić information content (AvgIpc) is 3.41. The zero-order chi connectivity index (χ0) is 26.6. The minimum absolute atomic E-state index is 0.0698. The lowest BCUT2D eigenvalue weighted by Gasteiger charge is -2.17. The van der Waals surface area contributed by atoms with Crippen LogP contribution in [0.4, 0.5) is 11.5 Å². The molecule has 1 saturated heterocycles. The van der Waals surface area contributed by atoms with Crippen molar-refractivity contribution in [1.29, 1.82) is 0 Å². The molecule has 38 heavy (non-hydrogen) atoms. The Hall–Kier alpha value is -3.15. The summed E-state index contributed by atoms with van der Waals surface area (Å²) in [7, 11) is -4.30. The highest BCUT2D eigenvalue weighted by atomic mass is 35.5. The number of benzene rings is 3. The SMILES string of the molecule is O=P(O)(O)CCC1OC(n2cnc3c(Nc4ccc5cc6ccccc6cc5c4)nc(Cl)nc32)C(O)C1O. The van der Waals surface area contributed by atoms with Crippen molar-refractivity contribution in [3.05, 3.63) is 66.2 Å². The molecule has 1 fully saturated rings. The van der Waals surface area contributed by atoms with Crippen molar-refractivity contribution in [1.82, 2.24) is 19.5 Å². The molecule has 1 aliphatic heterocycles. The lowest BCUT2D eigenvalue weighted by atomic mass is 10.0. The van der Waals surface area contributed by atoms with E-state index >= 15 is 0 Å². The molecule has 13 heteroatoms. The Morgan fingerprint density at radius 1 is 0.974 bits per heavy atom. The Labute approximate surface area is 220 Å². The number of aromatic nitrogens is 4. The summed E-state index contributed by atoms with van der Waals surface area (Å²) in [5, 5.41) is 28.6. The predicted octanol–water partition coefficient (Wildman–Crippen LogP) is 3.72. The number of ether oxygens (including phenoxy) is 1. The van der Waals surface area contributed by atoms with Gasteiger partial charge in [-0.05, 0) is 63.8 Å². The van der Waals surface area contributed by atoms with Crippen molar-refractivity contribution >= 4 is 63.4 Å². The van der Waals surface area contributed by atoms with E-state index in [2.05, 4.69) is 44.5 Å². The molecular formula is C25H23ClN5O6P. The molecule has 5 aromatic rings. The number of nitrogens with zero attached hydrogens (tertiary/aromatic N) is 4. The van der Waals surface area contributed by atoms with E-state index in [9.17, 15) is 14.8 Å². The van der Waals surface area contributed by atoms with Crippen molar-refractivity contribution < 1.29 is 29.3 Å². The molecule has 3 heterocycles. The van der Waals surface area contributed by atoms with Gasteiger partial charge in [-0.2, -0.15) is 9.97 Å². The fourth-order valence-corrected chi connectivity index (χ4v) is 5.57. The second kappa shape index (κ2) is 9.55. The highest BCUT2D eigenvalue weighted by Crippen LogP contribution is 2.40. The first kappa shape index (κ1) is 25.1. The molecule has 0 aliphatic carbocycles. The smallest absolute Gasteiger partial charge is 0.325 e. The maximum absolute atomic E-state index is 11.3. The van der Waals surface area contributed by atoms with E-state index in [1.165, 1.54) is 10.9 Å². The summed E-state index contributed by atoms with van der Waals surface area (Å²) in [4.78, 5) is 31.3. The van der Waals surface area contributed by atoms with Crippen LogP contribution in [0.1, 0.15) is 12.6 Å². The molecule has 0 spiro atoms. The maximum Gasteiger partial charge on any atom is 0.325 e. The van der Waals surface area contributed by atoms with Crippen molar-refractivity contribution in [2.24, 2.45) is 0 Å². The van der Waals surface area contributed by atoms with Crippen LogP contribution in [-0.4, -0.2) is 64.0 Å². The molecule has 0 radical (unpaired) electrons. The van der Waals surface area contributed by atoms with Gasteiger partial charge in [0, 0.05) is 5.69 Å². The first-order valence-corrected chi connectivity index (χ1v) is 14.0. The normalized spacial score (nSPS) is 22.0. The van der Waals surface area contributed by atoms with E-state index in [0.717, 1.165) is 27.2 Å². The van der Waals surface area contributed by atoms with Gasteiger partial charge in [-0.25, -0.2) is 4.98 Å². The molecule has 196 valence electrons. The lowest BCUT2D eigenvalue weighted by Crippen LogP contribution is -2.31. The Morgan fingerprint density at radius 3 is 2.42 bits per heavy atom. The zero-order valence-corrected chi connectivity index (χ0v) is 21.4. The second-order valence-electron chi connectivity index (χ2n) is 9.27. The van der Waals surface area contributed by atoms with Crippen LogP contribution in [0.25, 0.3) is 32.7 Å². The third-order valence-corrected chi connectivity index (χ3v) is 7.69. The number of hydrogen-bond donors (Lipinski definition) is 5. The summed E-state index contributed by atoms with van der Waals surface area (Å²) in [5.74, 6) is 0.338. The third-order valence-electron chi connectivity index (χ3n) is 6.68. The average molecular weight is 556 g/mol. The zero-order valence-electron chi connectivity index (χ0n) is 19.7. The number of imidazole rings is 1. The molecule has 0 bridgehead atoms. The van der Waals surface area contributed by atoms with Crippen molar-refractivity contribution in [3.63, 3.8) is 0 Å². The van der Waals surface area contributed by atoms with Gasteiger partial charge in [0.15, 0.2) is 23.2 Å². The number of anilines is 2. The van der Waals surface area contributed by atoms with Gasteiger partial charge in [0.25, 0.3) is 0 Å². The van der Waals surface area contributed by atoms with Crippen LogP contribution in [0.5, 0.6) is 0 Å². The fraction of sp³-hybridized carbons (Fsp3) is 0.240. The lowest BCUT2D eigenvalue weighted by molar-refractivity contribution is -0.0355. The summed E-state index contributed by atoms with van der Waals surface area (Å²) in [6.07, 6.45) is -4.04. The molecule has 6 rings (SSSR count). The fourth-order valence-electron chi connectivity index (χ4n) is 4.81. The summed E-state index contributed by atoms with van der Waals surface area (Å²) in [6.45, 7) is 0. The molecule has 5 N–H and O–H groups in total. The Bertz CT molecular complexity index is 1730. The van der Waals surface area contributed by atoms with Crippen molar-refractivity contribution in [2.45, 2.75) is 31.0 Å². The third kappa shape index (κ3) is 4.74. The number of halogens is 1. The van der Waals surface area contributed by atoms with Crippen LogP contribution in [0.15, 0.2) is 60.9 Å². The quantitative estimate of drug-likeness (QED) is 0.118. The van der Waals surface area contributed by atoms with Crippen molar-refractivity contribution in [2.75, 3.05) is 11.5 Å². The van der Waals surface area contributed by atoms with Crippen LogP contribution in [0.2, 0.25) is 5.28 Å². The summed E-state index contributed by atoms with van der Waals surface area (Å²) >= 11 is 6.24. The van der Waals surface area contributed by atoms with Gasteiger partial charge < -0.3 is 30.1 Å². The molecule has 0 amide bonds. The first-order valence-electron chi connectivity index (χ1n) is 11.8. The number of rotatable bonds is 6. The number of hydrogen-bond acceptors (Lipinski definition) is 8. The van der Waals surface area contributed by atoms with E-state index < -0.39 is 38.3 Å². The summed E-state index contributed by atoms with van der Waals surface area (Å²) in [6, 6.07) is 18.3. The van der Waals surface area contributed by atoms with E-state index in [1.54, 1.807) is 0 Å². The predicted molar refractivity (Wildman–Crippen MR) is 143 cm³/mol. The largest absolute Gasteiger partial charge is 0.388 e. The topological polar surface area (TPSA) is 163 Å². The number of nitrogens with one attached hydrogen (secondary N) is 1. The van der Waals surface area contributed by atoms with Gasteiger partial charge in [-0.3, -0.25) is 9.13 Å². The van der Waals surface area contributed by atoms with Crippen LogP contribution in [-0.2, 0) is 9.30 Å². The van der Waals surface area contributed by atoms with Gasteiger partial charge in [-0.1, -0.05) is 30.3 Å². The molecule has 3 aromatic carbocycles. The van der Waals surface area contributed by atoms with Gasteiger partial charge in [0.1, 0.15) is 12.2 Å². The first-order chi connectivity index (χ1) is 18.2. The van der Waals surface area contributed by atoms with Crippen LogP contribution in [0, 0.1) is 0 Å². The van der Waals surface area contributed by atoms with E-state index in [4.69, 9.17) is 26.1 Å². The van der Waals surface area contributed by atoms with E-state index in [0.29, 0.717) is 11.3 Å². The van der Waals surface area contributed by atoms with Gasteiger partial charge >= 0.3 is 7.60 Å². The number of fused-ring (bicyclic) bond motifs is 3. The second-order valence-corrected chi connectivity index (χ2v) is 11.4. The van der Waals surface area contributed by atoms with Gasteiger partial charge in [0.2, 0.25) is 5.28 Å². The Balaban J connectivity index is 1.32. The van der Waals surface area contributed by atoms with Crippen LogP contribution >= 0.6 is 19.2 Å². The van der Waals surface area contributed by atoms with E-state index in [-0.39, 0.29) is 17.4 Å². The summed E-state index contributed by atoms with van der Waals surface area (Å²) in [5.41, 5.74) is 1.37. The Kier molecular flexibility index (Phi) is 6.32. The maximum atomic E-state index is 11.3. The van der Waals surface area contributed by atoms with Crippen molar-refractivity contribution in [3.8, 4) is 0 Å². The summed E-state index contributed by atoms with van der Waals surface area (Å²) < 4.78 is 18.5. The molecule has 2 aromatic heterocycles. The highest BCUT2D eigenvalue weighted by Gasteiger charge is 2.44. The molecule has 4 unspecified atom stereocenters. The van der Waals surface area contributed by atoms with Gasteiger partial charge in [0.05, 0.1) is 18.6 Å². The Morgan fingerprint density at radius 2 is 1.68 bits per heavy atom. The molecule has 0 saturated carbocycles. The van der Waals surface area contributed by atoms with Crippen LogP contribution in [0.3, 0.4) is 0 Å². The molecule has 4 atom stereocenters. The molecule has 11 nitrogen and oxygen atoms in total. The highest BCUT2D eigenvalue weighted by molar-refractivity contribution is 7.51. The minimum atomic E-state index is -4.30.